The molecule has 1 unspecified atom stereocenters. The maximum atomic E-state index is 11.3. The highest BCUT2D eigenvalue weighted by atomic mass is 16.5. The SMILES string of the molecule is CCCC(COC)NC(=O)NC[C@H](O)C(=O)O. The van der Waals surface area contributed by atoms with Crippen LogP contribution in [0.5, 0.6) is 0 Å². The van der Waals surface area contributed by atoms with Gasteiger partial charge in [0.15, 0.2) is 6.10 Å². The molecular formula is C10H20N2O5. The fraction of sp³-hybridized carbons (Fsp3) is 0.800. The van der Waals surface area contributed by atoms with Crippen LogP contribution >= 0.6 is 0 Å². The number of aliphatic hydroxyl groups excluding tert-OH is 1. The van der Waals surface area contributed by atoms with E-state index in [-0.39, 0.29) is 12.6 Å². The van der Waals surface area contributed by atoms with Gasteiger partial charge in [0.1, 0.15) is 0 Å². The molecule has 2 atom stereocenters. The molecule has 0 bridgehead atoms. The van der Waals surface area contributed by atoms with E-state index in [1.165, 1.54) is 7.11 Å². The van der Waals surface area contributed by atoms with E-state index >= 15 is 0 Å². The molecule has 0 aliphatic rings. The molecule has 2 amide bonds. The molecule has 0 spiro atoms. The Morgan fingerprint density at radius 2 is 2.06 bits per heavy atom. The van der Waals surface area contributed by atoms with Crippen molar-refractivity contribution in [3.05, 3.63) is 0 Å². The number of ether oxygens (including phenoxy) is 1. The van der Waals surface area contributed by atoms with Gasteiger partial charge >= 0.3 is 12.0 Å². The quantitative estimate of drug-likeness (QED) is 0.465. The summed E-state index contributed by atoms with van der Waals surface area (Å²) in [4.78, 5) is 21.6. The molecule has 0 aliphatic heterocycles. The van der Waals surface area contributed by atoms with Gasteiger partial charge < -0.3 is 25.6 Å². The Hall–Kier alpha value is -1.34. The molecule has 4 N–H and O–H groups in total. The minimum Gasteiger partial charge on any atom is -0.479 e. The Bertz CT molecular complexity index is 241. The maximum Gasteiger partial charge on any atom is 0.334 e. The Morgan fingerprint density at radius 3 is 2.53 bits per heavy atom. The molecule has 0 saturated heterocycles. The van der Waals surface area contributed by atoms with Crippen LogP contribution in [0.15, 0.2) is 0 Å². The summed E-state index contributed by atoms with van der Waals surface area (Å²) >= 11 is 0. The molecule has 0 rings (SSSR count). The van der Waals surface area contributed by atoms with Crippen molar-refractivity contribution in [2.24, 2.45) is 0 Å². The van der Waals surface area contributed by atoms with E-state index in [0.29, 0.717) is 6.61 Å². The number of hydrogen-bond donors (Lipinski definition) is 4. The number of amides is 2. The summed E-state index contributed by atoms with van der Waals surface area (Å²) in [5.41, 5.74) is 0. The van der Waals surface area contributed by atoms with Crippen molar-refractivity contribution in [3.63, 3.8) is 0 Å². The number of carboxylic acids is 1. The summed E-state index contributed by atoms with van der Waals surface area (Å²) in [7, 11) is 1.54. The number of aliphatic carboxylic acids is 1. The lowest BCUT2D eigenvalue weighted by Gasteiger charge is -2.17. The van der Waals surface area contributed by atoms with E-state index in [9.17, 15) is 9.59 Å². The summed E-state index contributed by atoms with van der Waals surface area (Å²) in [6.07, 6.45) is 0.0715. The number of rotatable bonds is 8. The van der Waals surface area contributed by atoms with Crippen molar-refractivity contribution in [1.82, 2.24) is 10.6 Å². The molecule has 7 nitrogen and oxygen atoms in total. The second-order valence-electron chi connectivity index (χ2n) is 3.65. The highest BCUT2D eigenvalue weighted by Gasteiger charge is 2.15. The van der Waals surface area contributed by atoms with E-state index in [0.717, 1.165) is 12.8 Å². The number of aliphatic hydroxyl groups is 1. The van der Waals surface area contributed by atoms with Crippen molar-refractivity contribution in [3.8, 4) is 0 Å². The number of hydrogen-bond acceptors (Lipinski definition) is 4. The Morgan fingerprint density at radius 1 is 1.41 bits per heavy atom. The van der Waals surface area contributed by atoms with Gasteiger partial charge in [-0.05, 0) is 6.42 Å². The van der Waals surface area contributed by atoms with Gasteiger partial charge in [0.2, 0.25) is 0 Å². The summed E-state index contributed by atoms with van der Waals surface area (Å²) in [5.74, 6) is -1.37. The molecule has 0 fully saturated rings. The topological polar surface area (TPSA) is 108 Å². The molecule has 0 heterocycles. The summed E-state index contributed by atoms with van der Waals surface area (Å²) in [6.45, 7) is 2.05. The van der Waals surface area contributed by atoms with Crippen LogP contribution in [0.4, 0.5) is 4.79 Å². The second-order valence-corrected chi connectivity index (χ2v) is 3.65. The number of nitrogens with one attached hydrogen (secondary N) is 2. The van der Waals surface area contributed by atoms with Crippen LogP contribution in [0.3, 0.4) is 0 Å². The van der Waals surface area contributed by atoms with Crippen LogP contribution in [0.1, 0.15) is 19.8 Å². The van der Waals surface area contributed by atoms with Crippen LogP contribution < -0.4 is 10.6 Å². The van der Waals surface area contributed by atoms with Gasteiger partial charge in [-0.2, -0.15) is 0 Å². The average Bonchev–Trinajstić information content (AvgIpc) is 2.26. The van der Waals surface area contributed by atoms with Crippen LogP contribution in [-0.4, -0.2) is 54.6 Å². The van der Waals surface area contributed by atoms with E-state index in [1.54, 1.807) is 0 Å². The van der Waals surface area contributed by atoms with Gasteiger partial charge in [0.25, 0.3) is 0 Å². The molecule has 0 aromatic heterocycles. The van der Waals surface area contributed by atoms with Crippen molar-refractivity contribution < 1.29 is 24.5 Å². The first-order chi connectivity index (χ1) is 8.01. The number of carbonyl (C=O) groups excluding carboxylic acids is 1. The molecule has 0 aliphatic carbocycles. The van der Waals surface area contributed by atoms with E-state index in [1.807, 2.05) is 6.92 Å². The lowest BCUT2D eigenvalue weighted by Crippen LogP contribution is -2.47. The zero-order valence-corrected chi connectivity index (χ0v) is 10.1. The van der Waals surface area contributed by atoms with Crippen molar-refractivity contribution in [2.75, 3.05) is 20.3 Å². The second kappa shape index (κ2) is 8.77. The highest BCUT2D eigenvalue weighted by molar-refractivity contribution is 5.76. The molecule has 0 aromatic rings. The van der Waals surface area contributed by atoms with Crippen LogP contribution in [-0.2, 0) is 9.53 Å². The molecule has 7 heteroatoms. The van der Waals surface area contributed by atoms with Crippen molar-refractivity contribution in [1.29, 1.82) is 0 Å². The van der Waals surface area contributed by atoms with Gasteiger partial charge in [-0.15, -0.1) is 0 Å². The predicted molar refractivity (Wildman–Crippen MR) is 60.7 cm³/mol. The Balaban J connectivity index is 3.92. The summed E-state index contributed by atoms with van der Waals surface area (Å²) in [5, 5.41) is 22.3. The maximum absolute atomic E-state index is 11.3. The molecule has 0 aromatic carbocycles. The normalized spacial score (nSPS) is 13.8. The molecular weight excluding hydrogens is 228 g/mol. The van der Waals surface area contributed by atoms with Crippen LogP contribution in [0.2, 0.25) is 0 Å². The van der Waals surface area contributed by atoms with Crippen LogP contribution in [0, 0.1) is 0 Å². The number of carboxylic acid groups (broad SMARTS) is 1. The molecule has 17 heavy (non-hydrogen) atoms. The number of urea groups is 1. The zero-order chi connectivity index (χ0) is 13.3. The average molecular weight is 248 g/mol. The summed E-state index contributed by atoms with van der Waals surface area (Å²) in [6, 6.07) is -0.632. The van der Waals surface area contributed by atoms with E-state index < -0.39 is 18.1 Å². The minimum atomic E-state index is -1.59. The van der Waals surface area contributed by atoms with E-state index in [4.69, 9.17) is 14.9 Å². The first kappa shape index (κ1) is 15.7. The van der Waals surface area contributed by atoms with Crippen LogP contribution in [0.25, 0.3) is 0 Å². The lowest BCUT2D eigenvalue weighted by atomic mass is 10.2. The van der Waals surface area contributed by atoms with Gasteiger partial charge in [-0.1, -0.05) is 13.3 Å². The van der Waals surface area contributed by atoms with Gasteiger partial charge in [0, 0.05) is 7.11 Å². The minimum absolute atomic E-state index is 0.119. The third-order valence-electron chi connectivity index (χ3n) is 2.08. The van der Waals surface area contributed by atoms with Gasteiger partial charge in [-0.3, -0.25) is 0 Å². The lowest BCUT2D eigenvalue weighted by molar-refractivity contribution is -0.146. The zero-order valence-electron chi connectivity index (χ0n) is 10.1. The standard InChI is InChI=1S/C10H20N2O5/c1-3-4-7(6-17-2)12-10(16)11-5-8(13)9(14)15/h7-8,13H,3-6H2,1-2H3,(H,14,15)(H2,11,12,16)/t7?,8-/m0/s1. The first-order valence-corrected chi connectivity index (χ1v) is 5.45. The van der Waals surface area contributed by atoms with Gasteiger partial charge in [0.05, 0.1) is 19.2 Å². The molecule has 100 valence electrons. The first-order valence-electron chi connectivity index (χ1n) is 5.45. The smallest absolute Gasteiger partial charge is 0.334 e. The largest absolute Gasteiger partial charge is 0.479 e. The fourth-order valence-electron chi connectivity index (χ4n) is 1.26. The monoisotopic (exact) mass is 248 g/mol. The summed E-state index contributed by atoms with van der Waals surface area (Å²) < 4.78 is 4.94. The third-order valence-corrected chi connectivity index (χ3v) is 2.08. The van der Waals surface area contributed by atoms with Crippen molar-refractivity contribution >= 4 is 12.0 Å². The molecule has 0 radical (unpaired) electrons. The van der Waals surface area contributed by atoms with Crippen molar-refractivity contribution in [2.45, 2.75) is 31.9 Å². The highest BCUT2D eigenvalue weighted by Crippen LogP contribution is 1.96. The van der Waals surface area contributed by atoms with Gasteiger partial charge in [-0.25, -0.2) is 9.59 Å². The number of methoxy groups -OCH3 is 1. The predicted octanol–water partition coefficient (Wildman–Crippen LogP) is -0.454. The fourth-order valence-corrected chi connectivity index (χ4v) is 1.26. The van der Waals surface area contributed by atoms with E-state index in [2.05, 4.69) is 10.6 Å². The molecule has 0 saturated carbocycles. The number of carbonyl (C=O) groups is 2. The Kier molecular flexibility index (Phi) is 8.08. The Labute approximate surface area is 100 Å². The third kappa shape index (κ3) is 7.53.